The van der Waals surface area contributed by atoms with E-state index in [4.69, 9.17) is 0 Å². The minimum atomic E-state index is 0.450. The van der Waals surface area contributed by atoms with Crippen molar-refractivity contribution in [3.05, 3.63) is 0 Å². The lowest BCUT2D eigenvalue weighted by Crippen LogP contribution is -2.32. The molecule has 1 nitrogen and oxygen atoms in total. The predicted octanol–water partition coefficient (Wildman–Crippen LogP) is 3.79. The minimum Gasteiger partial charge on any atom is -0.303 e. The fraction of sp³-hybridized carbons (Fsp3) is 1.00. The van der Waals surface area contributed by atoms with Crippen LogP contribution in [0.2, 0.25) is 0 Å². The highest BCUT2D eigenvalue weighted by Crippen LogP contribution is 2.14. The topological polar surface area (TPSA) is 3.24 Å². The molecular weight excluding hydrogens is 158 g/mol. The van der Waals surface area contributed by atoms with Gasteiger partial charge in [0.2, 0.25) is 0 Å². The maximum Gasteiger partial charge on any atom is 0.00298 e. The van der Waals surface area contributed by atoms with Crippen LogP contribution >= 0.6 is 0 Å². The summed E-state index contributed by atoms with van der Waals surface area (Å²) in [6.45, 7) is 19.1. The van der Waals surface area contributed by atoms with Crippen LogP contribution in [0.15, 0.2) is 0 Å². The Labute approximate surface area is 85.5 Å². The first-order chi connectivity index (χ1) is 5.91. The largest absolute Gasteiger partial charge is 0.303 e. The van der Waals surface area contributed by atoms with Crippen LogP contribution in [0.4, 0.5) is 0 Å². The Morgan fingerprint density at radius 1 is 0.846 bits per heavy atom. The van der Waals surface area contributed by atoms with Crippen molar-refractivity contribution in [1.82, 2.24) is 4.90 Å². The Morgan fingerprint density at radius 3 is 1.23 bits per heavy atom. The van der Waals surface area contributed by atoms with Gasteiger partial charge in [0.1, 0.15) is 0 Å². The van der Waals surface area contributed by atoms with Crippen LogP contribution in [0, 0.1) is 5.41 Å². The van der Waals surface area contributed by atoms with Crippen LogP contribution in [0.5, 0.6) is 0 Å². The molecular formula is C12H29N. The van der Waals surface area contributed by atoms with E-state index < -0.39 is 0 Å². The van der Waals surface area contributed by atoms with Crippen molar-refractivity contribution in [2.75, 3.05) is 19.6 Å². The van der Waals surface area contributed by atoms with Gasteiger partial charge >= 0.3 is 0 Å². The second kappa shape index (κ2) is 8.55. The second-order valence-electron chi connectivity index (χ2n) is 4.73. The van der Waals surface area contributed by atoms with E-state index >= 15 is 0 Å². The van der Waals surface area contributed by atoms with Gasteiger partial charge in [-0.3, -0.25) is 0 Å². The Bertz CT molecular complexity index is 87.8. The van der Waals surface area contributed by atoms with Crippen LogP contribution in [-0.2, 0) is 0 Å². The molecule has 0 bridgehead atoms. The molecule has 0 radical (unpaired) electrons. The van der Waals surface area contributed by atoms with Crippen molar-refractivity contribution < 1.29 is 0 Å². The summed E-state index contributed by atoms with van der Waals surface area (Å²) in [6.07, 6.45) is 1.25. The molecule has 0 aromatic heterocycles. The van der Waals surface area contributed by atoms with Crippen LogP contribution in [0.25, 0.3) is 0 Å². The van der Waals surface area contributed by atoms with Gasteiger partial charge in [-0.05, 0) is 18.5 Å². The third-order valence-corrected chi connectivity index (χ3v) is 1.59. The molecule has 13 heavy (non-hydrogen) atoms. The molecule has 0 heterocycles. The zero-order valence-corrected chi connectivity index (χ0v) is 10.8. The molecule has 0 spiro atoms. The maximum atomic E-state index is 2.46. The highest BCUT2D eigenvalue weighted by molar-refractivity contribution is 4.66. The Hall–Kier alpha value is -0.0400. The van der Waals surface area contributed by atoms with Gasteiger partial charge < -0.3 is 4.90 Å². The normalized spacial score (nSPS) is 11.1. The third kappa shape index (κ3) is 14.8. The zero-order chi connectivity index (χ0) is 10.9. The quantitative estimate of drug-likeness (QED) is 0.650. The summed E-state index contributed by atoms with van der Waals surface area (Å²) in [4.78, 5) is 2.46. The number of hydrogen-bond donors (Lipinski definition) is 0. The van der Waals surface area contributed by atoms with E-state index in [1.54, 1.807) is 0 Å². The van der Waals surface area contributed by atoms with Gasteiger partial charge in [-0.1, -0.05) is 54.9 Å². The fourth-order valence-corrected chi connectivity index (χ4v) is 1.12. The average molecular weight is 187 g/mol. The first kappa shape index (κ1) is 15.4. The van der Waals surface area contributed by atoms with E-state index in [9.17, 15) is 0 Å². The molecule has 0 atom stereocenters. The van der Waals surface area contributed by atoms with E-state index in [1.807, 2.05) is 0 Å². The molecule has 0 saturated heterocycles. The molecule has 82 valence electrons. The van der Waals surface area contributed by atoms with Gasteiger partial charge in [0.15, 0.2) is 0 Å². The van der Waals surface area contributed by atoms with Crippen LogP contribution < -0.4 is 0 Å². The summed E-state index contributed by atoms with van der Waals surface area (Å²) in [7, 11) is 0. The van der Waals surface area contributed by atoms with Gasteiger partial charge in [0.05, 0.1) is 0 Å². The third-order valence-electron chi connectivity index (χ3n) is 1.59. The monoisotopic (exact) mass is 187 g/mol. The molecule has 0 aromatic rings. The molecule has 0 fully saturated rings. The first-order valence-electron chi connectivity index (χ1n) is 5.63. The van der Waals surface area contributed by atoms with Gasteiger partial charge in [0.25, 0.3) is 0 Å². The number of rotatable bonds is 3. The minimum absolute atomic E-state index is 0.450. The van der Waals surface area contributed by atoms with Crippen molar-refractivity contribution in [2.45, 2.75) is 54.9 Å². The van der Waals surface area contributed by atoms with Gasteiger partial charge in [0, 0.05) is 6.54 Å². The molecule has 0 aliphatic carbocycles. The first-order valence-corrected chi connectivity index (χ1v) is 5.63. The summed E-state index contributed by atoms with van der Waals surface area (Å²) < 4.78 is 0. The van der Waals surface area contributed by atoms with E-state index in [-0.39, 0.29) is 0 Å². The molecule has 0 aliphatic heterocycles. The van der Waals surface area contributed by atoms with E-state index in [0.29, 0.717) is 5.41 Å². The Kier molecular flexibility index (Phi) is 10.2. The molecule has 0 amide bonds. The lowest BCUT2D eigenvalue weighted by atomic mass is 9.96. The van der Waals surface area contributed by atoms with Gasteiger partial charge in [-0.15, -0.1) is 0 Å². The van der Waals surface area contributed by atoms with E-state index in [0.717, 1.165) is 0 Å². The predicted molar refractivity (Wildman–Crippen MR) is 63.2 cm³/mol. The summed E-state index contributed by atoms with van der Waals surface area (Å²) >= 11 is 0. The molecule has 0 saturated carbocycles. The number of hydrogen-bond acceptors (Lipinski definition) is 1. The van der Waals surface area contributed by atoms with Crippen molar-refractivity contribution in [3.8, 4) is 0 Å². The molecule has 0 unspecified atom stereocenters. The smallest absolute Gasteiger partial charge is 0.00298 e. The summed E-state index contributed by atoms with van der Waals surface area (Å²) in [5.41, 5.74) is 0.450. The molecule has 0 aromatic carbocycles. The summed E-state index contributed by atoms with van der Waals surface area (Å²) in [5, 5.41) is 0. The van der Waals surface area contributed by atoms with E-state index in [1.165, 1.54) is 26.1 Å². The van der Waals surface area contributed by atoms with Crippen LogP contribution in [-0.4, -0.2) is 24.5 Å². The Morgan fingerprint density at radius 2 is 1.15 bits per heavy atom. The second-order valence-corrected chi connectivity index (χ2v) is 4.73. The SMILES string of the molecule is CCC.CCN(CC)CC(C)(C)C. The van der Waals surface area contributed by atoms with Crippen molar-refractivity contribution >= 4 is 0 Å². The maximum absolute atomic E-state index is 2.46. The molecule has 0 rings (SSSR count). The highest BCUT2D eigenvalue weighted by Gasteiger charge is 2.13. The average Bonchev–Trinajstić information content (AvgIpc) is 2.00. The van der Waals surface area contributed by atoms with E-state index in [2.05, 4.69) is 53.4 Å². The van der Waals surface area contributed by atoms with Crippen molar-refractivity contribution in [1.29, 1.82) is 0 Å². The fourth-order valence-electron chi connectivity index (χ4n) is 1.12. The number of nitrogens with zero attached hydrogens (tertiary/aromatic N) is 1. The molecule has 0 aliphatic rings. The summed E-state index contributed by atoms with van der Waals surface area (Å²) in [6, 6.07) is 0. The van der Waals surface area contributed by atoms with Gasteiger partial charge in [-0.2, -0.15) is 0 Å². The highest BCUT2D eigenvalue weighted by atomic mass is 15.1. The van der Waals surface area contributed by atoms with Crippen LogP contribution in [0.1, 0.15) is 54.9 Å². The van der Waals surface area contributed by atoms with Gasteiger partial charge in [-0.25, -0.2) is 0 Å². The van der Waals surface area contributed by atoms with Crippen LogP contribution in [0.3, 0.4) is 0 Å². The summed E-state index contributed by atoms with van der Waals surface area (Å²) in [5.74, 6) is 0. The van der Waals surface area contributed by atoms with Crippen molar-refractivity contribution in [3.63, 3.8) is 0 Å². The lowest BCUT2D eigenvalue weighted by molar-refractivity contribution is 0.208. The molecule has 1 heteroatoms. The standard InChI is InChI=1S/C9H21N.C3H8/c1-6-10(7-2)8-9(3,4)5;1-3-2/h6-8H2,1-5H3;3H2,1-2H3. The lowest BCUT2D eigenvalue weighted by Gasteiger charge is -2.27. The molecule has 0 N–H and O–H groups in total. The van der Waals surface area contributed by atoms with Crippen molar-refractivity contribution in [2.24, 2.45) is 5.41 Å². The Balaban J connectivity index is 0. The zero-order valence-electron chi connectivity index (χ0n) is 10.8.